The molecule has 0 unspecified atom stereocenters. The highest BCUT2D eigenvalue weighted by Crippen LogP contribution is 2.15. The average Bonchev–Trinajstić information content (AvgIpc) is 3.17. The van der Waals surface area contributed by atoms with Crippen LogP contribution in [0.2, 0.25) is 0 Å². The predicted molar refractivity (Wildman–Crippen MR) is 72.7 cm³/mol. The van der Waals surface area contributed by atoms with Gasteiger partial charge in [-0.05, 0) is 0 Å². The van der Waals surface area contributed by atoms with E-state index in [0.717, 1.165) is 5.69 Å². The molecular weight excluding hydrogens is 274 g/mol. The fourth-order valence-corrected chi connectivity index (χ4v) is 2.24. The van der Waals surface area contributed by atoms with Gasteiger partial charge in [-0.3, -0.25) is 9.89 Å². The Bertz CT molecular complexity index is 595. The van der Waals surface area contributed by atoms with Crippen LogP contribution in [-0.4, -0.2) is 51.0 Å². The lowest BCUT2D eigenvalue weighted by molar-refractivity contribution is -0.121. The van der Waals surface area contributed by atoms with Gasteiger partial charge in [0.2, 0.25) is 5.91 Å². The predicted octanol–water partition coefficient (Wildman–Crippen LogP) is -0.352. The van der Waals surface area contributed by atoms with Crippen molar-refractivity contribution >= 4 is 5.91 Å². The van der Waals surface area contributed by atoms with E-state index in [0.29, 0.717) is 19.0 Å². The number of hydrogen-bond donors (Lipinski definition) is 2. The fraction of sp³-hybridized carbons (Fsp3) is 0.462. The van der Waals surface area contributed by atoms with E-state index in [9.17, 15) is 4.79 Å². The molecule has 2 aromatic heterocycles. The van der Waals surface area contributed by atoms with E-state index in [1.165, 1.54) is 0 Å². The number of rotatable bonds is 5. The number of aromatic amines is 1. The summed E-state index contributed by atoms with van der Waals surface area (Å²) in [6.45, 7) is 0.890. The number of nitrogens with one attached hydrogen (secondary N) is 2. The number of nitrogens with zero attached hydrogens (tertiary/aromatic N) is 3. The average molecular weight is 291 g/mol. The van der Waals surface area contributed by atoms with Crippen LogP contribution >= 0.6 is 0 Å². The molecule has 0 bridgehead atoms. The summed E-state index contributed by atoms with van der Waals surface area (Å²) in [6.07, 6.45) is 6.68. The van der Waals surface area contributed by atoms with Gasteiger partial charge in [0.15, 0.2) is 5.75 Å². The number of carbonyl (C=O) groups is 1. The Morgan fingerprint density at radius 1 is 1.57 bits per heavy atom. The first-order valence-corrected chi connectivity index (χ1v) is 6.70. The first-order chi connectivity index (χ1) is 10.2. The molecule has 1 saturated heterocycles. The van der Waals surface area contributed by atoms with Gasteiger partial charge in [-0.15, -0.1) is 0 Å². The van der Waals surface area contributed by atoms with Crippen LogP contribution in [0, 0.1) is 0 Å². The summed E-state index contributed by atoms with van der Waals surface area (Å²) in [5.74, 6) is 0.561. The molecule has 0 aromatic carbocycles. The Kier molecular flexibility index (Phi) is 3.87. The summed E-state index contributed by atoms with van der Waals surface area (Å²) >= 11 is 0. The molecule has 112 valence electrons. The Morgan fingerprint density at radius 3 is 3.19 bits per heavy atom. The molecule has 2 atom stereocenters. The number of aryl methyl sites for hydroxylation is 1. The second kappa shape index (κ2) is 5.96. The lowest BCUT2D eigenvalue weighted by Gasteiger charge is -2.19. The third-order valence-corrected chi connectivity index (χ3v) is 3.39. The highest BCUT2D eigenvalue weighted by atomic mass is 16.5. The smallest absolute Gasteiger partial charge is 0.226 e. The minimum Gasteiger partial charge on any atom is -0.482 e. The molecule has 0 saturated carbocycles. The van der Waals surface area contributed by atoms with Crippen molar-refractivity contribution in [1.82, 2.24) is 25.1 Å². The van der Waals surface area contributed by atoms with Gasteiger partial charge in [0, 0.05) is 18.9 Å². The van der Waals surface area contributed by atoms with Crippen LogP contribution in [0.3, 0.4) is 0 Å². The van der Waals surface area contributed by atoms with Crippen molar-refractivity contribution in [3.8, 4) is 5.75 Å². The molecule has 2 aromatic rings. The van der Waals surface area contributed by atoms with E-state index in [4.69, 9.17) is 9.47 Å². The molecule has 21 heavy (non-hydrogen) atoms. The van der Waals surface area contributed by atoms with Gasteiger partial charge in [-0.25, -0.2) is 4.98 Å². The zero-order valence-electron chi connectivity index (χ0n) is 11.7. The van der Waals surface area contributed by atoms with Crippen molar-refractivity contribution in [2.75, 3.05) is 13.2 Å². The summed E-state index contributed by atoms with van der Waals surface area (Å²) in [5.41, 5.74) is 0.860. The van der Waals surface area contributed by atoms with E-state index in [-0.39, 0.29) is 24.5 Å². The second-order valence-electron chi connectivity index (χ2n) is 4.97. The molecule has 1 amide bonds. The maximum atomic E-state index is 12.1. The van der Waals surface area contributed by atoms with E-state index < -0.39 is 0 Å². The molecule has 0 aliphatic carbocycles. The van der Waals surface area contributed by atoms with Gasteiger partial charge in [0.25, 0.3) is 0 Å². The normalized spacial score (nSPS) is 21.4. The van der Waals surface area contributed by atoms with Crippen molar-refractivity contribution in [3.63, 3.8) is 0 Å². The number of aromatic nitrogens is 4. The maximum Gasteiger partial charge on any atom is 0.226 e. The molecule has 1 aliphatic heterocycles. The number of imidazole rings is 1. The van der Waals surface area contributed by atoms with E-state index in [2.05, 4.69) is 20.5 Å². The summed E-state index contributed by atoms with van der Waals surface area (Å²) < 4.78 is 13.0. The monoisotopic (exact) mass is 291 g/mol. The molecule has 0 radical (unpaired) electrons. The van der Waals surface area contributed by atoms with Crippen LogP contribution in [0.4, 0.5) is 0 Å². The first-order valence-electron chi connectivity index (χ1n) is 6.70. The van der Waals surface area contributed by atoms with Gasteiger partial charge in [0.05, 0.1) is 44.4 Å². The second-order valence-corrected chi connectivity index (χ2v) is 4.97. The summed E-state index contributed by atoms with van der Waals surface area (Å²) in [4.78, 5) is 16.1. The van der Waals surface area contributed by atoms with Gasteiger partial charge in [-0.2, -0.15) is 5.10 Å². The van der Waals surface area contributed by atoms with Crippen molar-refractivity contribution < 1.29 is 14.3 Å². The number of hydrogen-bond acceptors (Lipinski definition) is 5. The van der Waals surface area contributed by atoms with Crippen molar-refractivity contribution in [1.29, 1.82) is 0 Å². The standard InChI is InChI=1S/C13H17N5O3/c1-18-8-14-3-9(18)2-13(19)17-11-6-20-7-12(11)21-10-4-15-16-5-10/h3-5,8,11-12H,2,6-7H2,1H3,(H,15,16)(H,17,19)/t11-,12+/m0/s1. The highest BCUT2D eigenvalue weighted by Gasteiger charge is 2.31. The largest absolute Gasteiger partial charge is 0.482 e. The molecular formula is C13H17N5O3. The zero-order chi connectivity index (χ0) is 14.7. The summed E-state index contributed by atoms with van der Waals surface area (Å²) in [6, 6.07) is -0.166. The molecule has 8 nitrogen and oxygen atoms in total. The number of ether oxygens (including phenoxy) is 2. The first kappa shape index (κ1) is 13.6. The van der Waals surface area contributed by atoms with Crippen LogP contribution in [0.15, 0.2) is 24.9 Å². The maximum absolute atomic E-state index is 12.1. The number of amides is 1. The summed E-state index contributed by atoms with van der Waals surface area (Å²) in [7, 11) is 1.86. The topological polar surface area (TPSA) is 94.1 Å². The van der Waals surface area contributed by atoms with Crippen LogP contribution in [-0.2, 0) is 23.0 Å². The zero-order valence-corrected chi connectivity index (χ0v) is 11.7. The lowest BCUT2D eigenvalue weighted by atomic mass is 10.2. The van der Waals surface area contributed by atoms with Gasteiger partial charge < -0.3 is 19.4 Å². The molecule has 3 rings (SSSR count). The molecule has 1 fully saturated rings. The Balaban J connectivity index is 1.56. The Labute approximate surface area is 121 Å². The van der Waals surface area contributed by atoms with Crippen LogP contribution in [0.5, 0.6) is 5.75 Å². The molecule has 2 N–H and O–H groups in total. The van der Waals surface area contributed by atoms with E-state index in [1.54, 1.807) is 24.9 Å². The van der Waals surface area contributed by atoms with Gasteiger partial charge in [0.1, 0.15) is 6.10 Å². The quantitative estimate of drug-likeness (QED) is 0.785. The summed E-state index contributed by atoms with van der Waals surface area (Å²) in [5, 5.41) is 9.45. The number of carbonyl (C=O) groups excluding carboxylic acids is 1. The lowest BCUT2D eigenvalue weighted by Crippen LogP contribution is -2.45. The Morgan fingerprint density at radius 2 is 2.48 bits per heavy atom. The van der Waals surface area contributed by atoms with E-state index in [1.807, 2.05) is 11.6 Å². The van der Waals surface area contributed by atoms with Crippen molar-refractivity contribution in [2.24, 2.45) is 7.05 Å². The minimum atomic E-state index is -0.210. The Hall–Kier alpha value is -2.35. The fourth-order valence-electron chi connectivity index (χ4n) is 2.24. The number of H-pyrrole nitrogens is 1. The SMILES string of the molecule is Cn1cncc1CC(=O)N[C@H]1COC[C@H]1Oc1cn[nH]c1. The molecule has 8 heteroatoms. The van der Waals surface area contributed by atoms with E-state index >= 15 is 0 Å². The van der Waals surface area contributed by atoms with Gasteiger partial charge >= 0.3 is 0 Å². The molecule has 1 aliphatic rings. The third kappa shape index (κ3) is 3.22. The minimum absolute atomic E-state index is 0.0742. The van der Waals surface area contributed by atoms with Crippen molar-refractivity contribution in [2.45, 2.75) is 18.6 Å². The van der Waals surface area contributed by atoms with Crippen LogP contribution in [0.25, 0.3) is 0 Å². The third-order valence-electron chi connectivity index (χ3n) is 3.39. The van der Waals surface area contributed by atoms with Crippen LogP contribution < -0.4 is 10.1 Å². The highest BCUT2D eigenvalue weighted by molar-refractivity contribution is 5.78. The van der Waals surface area contributed by atoms with Gasteiger partial charge in [-0.1, -0.05) is 0 Å². The van der Waals surface area contributed by atoms with Crippen LogP contribution in [0.1, 0.15) is 5.69 Å². The molecule has 0 spiro atoms. The molecule has 3 heterocycles. The van der Waals surface area contributed by atoms with Crippen molar-refractivity contribution in [3.05, 3.63) is 30.6 Å².